The van der Waals surface area contributed by atoms with Crippen molar-refractivity contribution in [3.63, 3.8) is 0 Å². The molecular formula is C11H22N2O2S2. The van der Waals surface area contributed by atoms with E-state index in [1.807, 2.05) is 0 Å². The van der Waals surface area contributed by atoms with E-state index in [-0.39, 0.29) is 11.0 Å². The molecule has 1 aliphatic rings. The van der Waals surface area contributed by atoms with E-state index in [0.29, 0.717) is 6.42 Å². The summed E-state index contributed by atoms with van der Waals surface area (Å²) in [6.07, 6.45) is 6.86. The third-order valence-electron chi connectivity index (χ3n) is 3.25. The molecule has 0 aromatic rings. The minimum Gasteiger partial charge on any atom is -0.392 e. The third kappa shape index (κ3) is 4.52. The van der Waals surface area contributed by atoms with Gasteiger partial charge < -0.3 is 5.73 Å². The van der Waals surface area contributed by atoms with Crippen molar-refractivity contribution in [1.82, 2.24) is 4.72 Å². The summed E-state index contributed by atoms with van der Waals surface area (Å²) in [5.41, 5.74) is 5.48. The van der Waals surface area contributed by atoms with E-state index in [4.69, 9.17) is 18.0 Å². The summed E-state index contributed by atoms with van der Waals surface area (Å²) in [5.74, 6) is 0. The van der Waals surface area contributed by atoms with Gasteiger partial charge in [0, 0.05) is 6.04 Å². The second kappa shape index (κ2) is 6.66. The van der Waals surface area contributed by atoms with Crippen molar-refractivity contribution < 1.29 is 8.42 Å². The molecule has 1 atom stereocenters. The normalized spacial score (nSPS) is 20.8. The maximum Gasteiger partial charge on any atom is 0.221 e. The van der Waals surface area contributed by atoms with Gasteiger partial charge >= 0.3 is 0 Å². The van der Waals surface area contributed by atoms with Gasteiger partial charge in [-0.1, -0.05) is 44.8 Å². The zero-order valence-corrected chi connectivity index (χ0v) is 11.9. The molecule has 4 nitrogen and oxygen atoms in total. The highest BCUT2D eigenvalue weighted by atomic mass is 32.2. The predicted molar refractivity (Wildman–Crippen MR) is 74.4 cm³/mol. The van der Waals surface area contributed by atoms with E-state index in [1.165, 1.54) is 12.8 Å². The van der Waals surface area contributed by atoms with Crippen molar-refractivity contribution in [2.24, 2.45) is 5.73 Å². The van der Waals surface area contributed by atoms with Crippen LogP contribution in [0, 0.1) is 0 Å². The molecule has 0 saturated heterocycles. The van der Waals surface area contributed by atoms with Crippen LogP contribution >= 0.6 is 12.2 Å². The van der Waals surface area contributed by atoms with Crippen LogP contribution in [-0.4, -0.2) is 24.7 Å². The molecule has 0 aromatic heterocycles. The average molecular weight is 278 g/mol. The van der Waals surface area contributed by atoms with Crippen LogP contribution in [0.5, 0.6) is 0 Å². The topological polar surface area (TPSA) is 72.2 Å². The van der Waals surface area contributed by atoms with Crippen molar-refractivity contribution in [2.75, 3.05) is 0 Å². The molecule has 0 aliphatic heterocycles. The molecule has 0 amide bonds. The van der Waals surface area contributed by atoms with E-state index in [9.17, 15) is 8.42 Å². The molecule has 1 unspecified atom stereocenters. The first-order valence-corrected chi connectivity index (χ1v) is 8.23. The van der Waals surface area contributed by atoms with Crippen LogP contribution in [0.1, 0.15) is 51.9 Å². The predicted octanol–water partition coefficient (Wildman–Crippen LogP) is 1.69. The lowest BCUT2D eigenvalue weighted by molar-refractivity contribution is 0.506. The zero-order chi connectivity index (χ0) is 12.9. The maximum atomic E-state index is 12.1. The molecule has 0 bridgehead atoms. The Balaban J connectivity index is 2.67. The summed E-state index contributed by atoms with van der Waals surface area (Å²) in [6.45, 7) is 1.79. The van der Waals surface area contributed by atoms with Gasteiger partial charge in [-0.3, -0.25) is 0 Å². The molecule has 0 spiro atoms. The molecule has 0 radical (unpaired) electrons. The van der Waals surface area contributed by atoms with Gasteiger partial charge in [-0.2, -0.15) is 0 Å². The summed E-state index contributed by atoms with van der Waals surface area (Å²) in [7, 11) is -3.40. The summed E-state index contributed by atoms with van der Waals surface area (Å²) in [4.78, 5) is 0.0635. The van der Waals surface area contributed by atoms with Crippen LogP contribution in [0.4, 0.5) is 0 Å². The van der Waals surface area contributed by atoms with E-state index in [2.05, 4.69) is 4.72 Å². The first-order chi connectivity index (χ1) is 7.97. The highest BCUT2D eigenvalue weighted by Gasteiger charge is 2.29. The van der Waals surface area contributed by atoms with Crippen molar-refractivity contribution in [1.29, 1.82) is 0 Å². The quantitative estimate of drug-likeness (QED) is 0.593. The van der Waals surface area contributed by atoms with E-state index >= 15 is 0 Å². The van der Waals surface area contributed by atoms with E-state index in [0.717, 1.165) is 25.7 Å². The van der Waals surface area contributed by atoms with Gasteiger partial charge in [0.25, 0.3) is 0 Å². The number of nitrogens with one attached hydrogen (secondary N) is 1. The molecule has 1 rings (SSSR count). The zero-order valence-electron chi connectivity index (χ0n) is 10.3. The Morgan fingerprint density at radius 2 is 1.88 bits per heavy atom. The monoisotopic (exact) mass is 278 g/mol. The van der Waals surface area contributed by atoms with Gasteiger partial charge in [-0.15, -0.1) is 0 Å². The Morgan fingerprint density at radius 1 is 1.35 bits per heavy atom. The number of rotatable bonds is 5. The first kappa shape index (κ1) is 14.9. The maximum absolute atomic E-state index is 12.1. The smallest absolute Gasteiger partial charge is 0.221 e. The SMILES string of the molecule is CCC(C(N)=S)S(=O)(=O)NC1CCCCCC1. The Bertz CT molecular complexity index is 346. The second-order valence-corrected chi connectivity index (χ2v) is 7.02. The van der Waals surface area contributed by atoms with Crippen molar-refractivity contribution in [3.05, 3.63) is 0 Å². The van der Waals surface area contributed by atoms with Gasteiger partial charge in [0.15, 0.2) is 0 Å². The van der Waals surface area contributed by atoms with Crippen molar-refractivity contribution in [2.45, 2.75) is 63.2 Å². The van der Waals surface area contributed by atoms with Crippen molar-refractivity contribution >= 4 is 27.2 Å². The van der Waals surface area contributed by atoms with Crippen LogP contribution in [-0.2, 0) is 10.0 Å². The Labute approximate surface area is 109 Å². The first-order valence-electron chi connectivity index (χ1n) is 6.28. The molecule has 17 heavy (non-hydrogen) atoms. The van der Waals surface area contributed by atoms with Crippen LogP contribution < -0.4 is 10.5 Å². The van der Waals surface area contributed by atoms with Gasteiger partial charge in [0.1, 0.15) is 5.25 Å². The lowest BCUT2D eigenvalue weighted by Crippen LogP contribution is -2.45. The molecule has 1 aliphatic carbocycles. The Morgan fingerprint density at radius 3 is 2.29 bits per heavy atom. The van der Waals surface area contributed by atoms with Crippen LogP contribution in [0.3, 0.4) is 0 Å². The minimum atomic E-state index is -3.40. The van der Waals surface area contributed by atoms with Gasteiger partial charge in [-0.05, 0) is 19.3 Å². The molecule has 3 N–H and O–H groups in total. The molecule has 1 saturated carbocycles. The Hall–Kier alpha value is -0.200. The summed E-state index contributed by atoms with van der Waals surface area (Å²) in [5, 5.41) is -0.735. The van der Waals surface area contributed by atoms with E-state index in [1.54, 1.807) is 6.92 Å². The lowest BCUT2D eigenvalue weighted by atomic mass is 10.1. The lowest BCUT2D eigenvalue weighted by Gasteiger charge is -2.21. The standard InChI is InChI=1S/C11H22N2O2S2/c1-2-10(11(12)16)17(14,15)13-9-7-5-3-4-6-8-9/h9-10,13H,2-8H2,1H3,(H2,12,16). The van der Waals surface area contributed by atoms with Crippen molar-refractivity contribution in [3.8, 4) is 0 Å². The largest absolute Gasteiger partial charge is 0.392 e. The Kier molecular flexibility index (Phi) is 5.82. The average Bonchev–Trinajstić information content (AvgIpc) is 2.45. The summed E-state index contributed by atoms with van der Waals surface area (Å²) in [6, 6.07) is 0.0610. The fraction of sp³-hybridized carbons (Fsp3) is 0.909. The van der Waals surface area contributed by atoms with E-state index < -0.39 is 15.3 Å². The minimum absolute atomic E-state index is 0.0610. The van der Waals surface area contributed by atoms with Crippen LogP contribution in [0.2, 0.25) is 0 Å². The molecule has 0 heterocycles. The highest BCUT2D eigenvalue weighted by Crippen LogP contribution is 2.19. The summed E-state index contributed by atoms with van der Waals surface area (Å²) < 4.78 is 27.0. The second-order valence-electron chi connectivity index (χ2n) is 4.65. The number of sulfonamides is 1. The molecular weight excluding hydrogens is 256 g/mol. The summed E-state index contributed by atoms with van der Waals surface area (Å²) >= 11 is 4.82. The van der Waals surface area contributed by atoms with Gasteiger partial charge in [0.05, 0.1) is 4.99 Å². The molecule has 6 heteroatoms. The van der Waals surface area contributed by atoms with Gasteiger partial charge in [0.2, 0.25) is 10.0 Å². The van der Waals surface area contributed by atoms with Crippen LogP contribution in [0.15, 0.2) is 0 Å². The highest BCUT2D eigenvalue weighted by molar-refractivity contribution is 7.93. The fourth-order valence-corrected chi connectivity index (χ4v) is 4.44. The van der Waals surface area contributed by atoms with Gasteiger partial charge in [-0.25, -0.2) is 13.1 Å². The fourth-order valence-electron chi connectivity index (χ4n) is 2.29. The van der Waals surface area contributed by atoms with Crippen LogP contribution in [0.25, 0.3) is 0 Å². The number of hydrogen-bond acceptors (Lipinski definition) is 3. The molecule has 100 valence electrons. The number of hydrogen-bond donors (Lipinski definition) is 2. The molecule has 1 fully saturated rings. The number of thiocarbonyl (C=S) groups is 1. The number of nitrogens with two attached hydrogens (primary N) is 1. The molecule has 0 aromatic carbocycles. The third-order valence-corrected chi connectivity index (χ3v) is 5.68.